The van der Waals surface area contributed by atoms with E-state index in [9.17, 15) is 0 Å². The second kappa shape index (κ2) is 5.42. The Balaban J connectivity index is 1.88. The van der Waals surface area contributed by atoms with E-state index in [0.717, 1.165) is 42.5 Å². The predicted octanol–water partition coefficient (Wildman–Crippen LogP) is 2.23. The molecule has 1 saturated heterocycles. The van der Waals surface area contributed by atoms with Crippen LogP contribution in [0, 0.1) is 6.92 Å². The summed E-state index contributed by atoms with van der Waals surface area (Å²) in [6.45, 7) is 7.02. The lowest BCUT2D eigenvalue weighted by Gasteiger charge is -2.30. The molecule has 5 nitrogen and oxygen atoms in total. The molecular formula is C14H18ClN5. The van der Waals surface area contributed by atoms with Crippen LogP contribution < -0.4 is 10.2 Å². The third-order valence-electron chi connectivity index (χ3n) is 3.58. The van der Waals surface area contributed by atoms with Crippen molar-refractivity contribution in [2.45, 2.75) is 19.9 Å². The second-order valence-electron chi connectivity index (χ2n) is 5.24. The first-order valence-corrected chi connectivity index (χ1v) is 7.18. The van der Waals surface area contributed by atoms with Crippen molar-refractivity contribution in [3.63, 3.8) is 0 Å². The van der Waals surface area contributed by atoms with Gasteiger partial charge in [0.15, 0.2) is 5.82 Å². The Morgan fingerprint density at radius 1 is 1.40 bits per heavy atom. The molecule has 1 aliphatic heterocycles. The van der Waals surface area contributed by atoms with Crippen molar-refractivity contribution in [3.05, 3.63) is 28.8 Å². The van der Waals surface area contributed by atoms with Gasteiger partial charge in [-0.25, -0.2) is 0 Å². The number of H-pyrrole nitrogens is 1. The highest BCUT2D eigenvalue weighted by molar-refractivity contribution is 6.30. The summed E-state index contributed by atoms with van der Waals surface area (Å²) in [5.74, 6) is 1.53. The van der Waals surface area contributed by atoms with Gasteiger partial charge in [0.25, 0.3) is 0 Å². The van der Waals surface area contributed by atoms with Gasteiger partial charge in [0.1, 0.15) is 0 Å². The molecule has 106 valence electrons. The van der Waals surface area contributed by atoms with Crippen LogP contribution in [0.2, 0.25) is 5.02 Å². The number of halogens is 1. The number of aryl methyl sites for hydroxylation is 1. The lowest BCUT2D eigenvalue weighted by molar-refractivity contribution is 0.480. The highest BCUT2D eigenvalue weighted by Gasteiger charge is 2.19. The van der Waals surface area contributed by atoms with E-state index in [0.29, 0.717) is 11.1 Å². The fourth-order valence-corrected chi connectivity index (χ4v) is 2.65. The summed E-state index contributed by atoms with van der Waals surface area (Å²) in [7, 11) is 0. The van der Waals surface area contributed by atoms with Crippen LogP contribution in [0.4, 0.5) is 5.95 Å². The van der Waals surface area contributed by atoms with Gasteiger partial charge in [0, 0.05) is 36.3 Å². The highest BCUT2D eigenvalue weighted by Crippen LogP contribution is 2.25. The molecule has 2 heterocycles. The summed E-state index contributed by atoms with van der Waals surface area (Å²) in [5, 5.41) is 11.5. The summed E-state index contributed by atoms with van der Waals surface area (Å²) in [4.78, 5) is 6.81. The minimum absolute atomic E-state index is 0.457. The molecule has 0 saturated carbocycles. The van der Waals surface area contributed by atoms with Crippen molar-refractivity contribution in [1.82, 2.24) is 20.5 Å². The minimum Gasteiger partial charge on any atom is -0.337 e. The molecule has 0 radical (unpaired) electrons. The third kappa shape index (κ3) is 2.64. The molecule has 1 unspecified atom stereocenters. The molecule has 1 aliphatic rings. The van der Waals surface area contributed by atoms with E-state index in [1.54, 1.807) is 0 Å². The standard InChI is InChI=1S/C14H18ClN5/c1-9-3-4-11(15)7-12(9)13-17-14(19-18-13)20-6-5-16-10(2)8-20/h3-4,7,10,16H,5-6,8H2,1-2H3,(H,17,18,19). The van der Waals surface area contributed by atoms with Crippen molar-refractivity contribution in [1.29, 1.82) is 0 Å². The van der Waals surface area contributed by atoms with Crippen molar-refractivity contribution >= 4 is 17.5 Å². The molecule has 2 N–H and O–H groups in total. The first-order valence-electron chi connectivity index (χ1n) is 6.81. The number of hydrogen-bond donors (Lipinski definition) is 2. The van der Waals surface area contributed by atoms with Gasteiger partial charge in [0.2, 0.25) is 5.95 Å². The minimum atomic E-state index is 0.457. The highest BCUT2D eigenvalue weighted by atomic mass is 35.5. The van der Waals surface area contributed by atoms with E-state index in [2.05, 4.69) is 32.3 Å². The van der Waals surface area contributed by atoms with E-state index in [1.165, 1.54) is 0 Å². The van der Waals surface area contributed by atoms with Gasteiger partial charge in [-0.15, -0.1) is 5.10 Å². The summed E-state index contributed by atoms with van der Waals surface area (Å²) < 4.78 is 0. The molecule has 20 heavy (non-hydrogen) atoms. The van der Waals surface area contributed by atoms with Gasteiger partial charge < -0.3 is 10.2 Å². The molecule has 6 heteroatoms. The van der Waals surface area contributed by atoms with Crippen LogP contribution in [-0.4, -0.2) is 40.9 Å². The van der Waals surface area contributed by atoms with Crippen molar-refractivity contribution in [2.24, 2.45) is 0 Å². The normalized spacial score (nSPS) is 19.4. The fourth-order valence-electron chi connectivity index (χ4n) is 2.48. The SMILES string of the molecule is Cc1ccc(Cl)cc1-c1nc(N2CCNC(C)C2)n[nH]1. The topological polar surface area (TPSA) is 56.8 Å². The van der Waals surface area contributed by atoms with Crippen LogP contribution in [-0.2, 0) is 0 Å². The predicted molar refractivity (Wildman–Crippen MR) is 81.2 cm³/mol. The number of benzene rings is 1. The Bertz CT molecular complexity index is 609. The maximum absolute atomic E-state index is 6.06. The number of piperazine rings is 1. The van der Waals surface area contributed by atoms with Gasteiger partial charge in [0.05, 0.1) is 0 Å². The number of nitrogens with zero attached hydrogens (tertiary/aromatic N) is 3. The monoisotopic (exact) mass is 291 g/mol. The van der Waals surface area contributed by atoms with Gasteiger partial charge in [-0.3, -0.25) is 5.10 Å². The van der Waals surface area contributed by atoms with Crippen LogP contribution in [0.15, 0.2) is 18.2 Å². The maximum atomic E-state index is 6.06. The van der Waals surface area contributed by atoms with E-state index in [1.807, 2.05) is 25.1 Å². The lowest BCUT2D eigenvalue weighted by atomic mass is 10.1. The zero-order valence-corrected chi connectivity index (χ0v) is 12.4. The maximum Gasteiger partial charge on any atom is 0.245 e. The zero-order valence-electron chi connectivity index (χ0n) is 11.7. The van der Waals surface area contributed by atoms with Gasteiger partial charge in [-0.2, -0.15) is 4.98 Å². The van der Waals surface area contributed by atoms with Crippen LogP contribution in [0.25, 0.3) is 11.4 Å². The summed E-state index contributed by atoms with van der Waals surface area (Å²) in [6, 6.07) is 6.25. The number of aromatic amines is 1. The third-order valence-corrected chi connectivity index (χ3v) is 3.82. The van der Waals surface area contributed by atoms with E-state index < -0.39 is 0 Å². The number of nitrogens with one attached hydrogen (secondary N) is 2. The van der Waals surface area contributed by atoms with E-state index in [-0.39, 0.29) is 0 Å². The van der Waals surface area contributed by atoms with Crippen LogP contribution in [0.3, 0.4) is 0 Å². The van der Waals surface area contributed by atoms with Crippen LogP contribution in [0.1, 0.15) is 12.5 Å². The first-order chi connectivity index (χ1) is 9.63. The molecule has 2 aromatic rings. The van der Waals surface area contributed by atoms with Gasteiger partial charge >= 0.3 is 0 Å². The molecular weight excluding hydrogens is 274 g/mol. The van der Waals surface area contributed by atoms with Crippen molar-refractivity contribution in [2.75, 3.05) is 24.5 Å². The number of hydrogen-bond acceptors (Lipinski definition) is 4. The molecule has 0 aliphatic carbocycles. The Hall–Kier alpha value is -1.59. The smallest absolute Gasteiger partial charge is 0.245 e. The fraction of sp³-hybridized carbons (Fsp3) is 0.429. The molecule has 0 amide bonds. The average molecular weight is 292 g/mol. The van der Waals surface area contributed by atoms with Crippen LogP contribution in [0.5, 0.6) is 0 Å². The van der Waals surface area contributed by atoms with Crippen LogP contribution >= 0.6 is 11.6 Å². The van der Waals surface area contributed by atoms with Gasteiger partial charge in [-0.1, -0.05) is 17.7 Å². The molecule has 1 fully saturated rings. The summed E-state index contributed by atoms with van der Waals surface area (Å²) in [6.07, 6.45) is 0. The number of rotatable bonds is 2. The van der Waals surface area contributed by atoms with Gasteiger partial charge in [-0.05, 0) is 31.5 Å². The molecule has 0 spiro atoms. The molecule has 3 rings (SSSR count). The van der Waals surface area contributed by atoms with E-state index >= 15 is 0 Å². The first kappa shape index (κ1) is 13.4. The molecule has 1 aromatic carbocycles. The lowest BCUT2D eigenvalue weighted by Crippen LogP contribution is -2.49. The van der Waals surface area contributed by atoms with Crippen molar-refractivity contribution in [3.8, 4) is 11.4 Å². The average Bonchev–Trinajstić information content (AvgIpc) is 2.91. The Kier molecular flexibility index (Phi) is 3.63. The number of aromatic nitrogens is 3. The Labute approximate surface area is 123 Å². The van der Waals surface area contributed by atoms with E-state index in [4.69, 9.17) is 11.6 Å². The summed E-state index contributed by atoms with van der Waals surface area (Å²) >= 11 is 6.06. The molecule has 1 atom stereocenters. The number of anilines is 1. The zero-order chi connectivity index (χ0) is 14.1. The van der Waals surface area contributed by atoms with Crippen molar-refractivity contribution < 1.29 is 0 Å². The molecule has 1 aromatic heterocycles. The quantitative estimate of drug-likeness (QED) is 0.891. The second-order valence-corrected chi connectivity index (χ2v) is 5.68. The largest absolute Gasteiger partial charge is 0.337 e. The summed E-state index contributed by atoms with van der Waals surface area (Å²) in [5.41, 5.74) is 2.13. The Morgan fingerprint density at radius 2 is 2.25 bits per heavy atom. The Morgan fingerprint density at radius 3 is 3.05 bits per heavy atom. The molecule has 0 bridgehead atoms.